The normalized spacial score (nSPS) is 20.5. The minimum atomic E-state index is -3.56. The van der Waals surface area contributed by atoms with Crippen LogP contribution in [0.5, 0.6) is 0 Å². The third-order valence-corrected chi connectivity index (χ3v) is 8.38. The topological polar surface area (TPSA) is 79.0 Å². The van der Waals surface area contributed by atoms with Crippen LogP contribution in [0.3, 0.4) is 0 Å². The fraction of sp³-hybridized carbons (Fsp3) is 0.480. The maximum absolute atomic E-state index is 13.1. The van der Waals surface area contributed by atoms with Crippen molar-refractivity contribution in [2.24, 2.45) is 5.92 Å². The molecule has 0 spiro atoms. The van der Waals surface area contributed by atoms with E-state index in [0.717, 1.165) is 31.5 Å². The number of piperidine rings is 1. The van der Waals surface area contributed by atoms with E-state index in [1.807, 2.05) is 31.3 Å². The molecule has 0 saturated carbocycles. The molecule has 1 fully saturated rings. The van der Waals surface area contributed by atoms with Gasteiger partial charge in [0.1, 0.15) is 0 Å². The van der Waals surface area contributed by atoms with Gasteiger partial charge in [-0.2, -0.15) is 0 Å². The molecular weight excluding hydrogens is 438 g/mol. The number of nitrogens with one attached hydrogen (secondary N) is 1. The molecule has 7 nitrogen and oxygen atoms in total. The number of hydrogen-bond donors (Lipinski definition) is 1. The number of methoxy groups -OCH3 is 1. The summed E-state index contributed by atoms with van der Waals surface area (Å²) in [5, 5.41) is 3.32. The number of esters is 1. The molecule has 1 saturated heterocycles. The van der Waals surface area contributed by atoms with E-state index >= 15 is 0 Å². The molecule has 1 heterocycles. The summed E-state index contributed by atoms with van der Waals surface area (Å²) in [5.74, 6) is -0.189. The molecule has 3 rings (SSSR count). The van der Waals surface area contributed by atoms with Crippen LogP contribution in [0.2, 0.25) is 0 Å². The number of benzene rings is 2. The molecule has 1 N–H and O–H groups in total. The molecule has 3 atom stereocenters. The monoisotopic (exact) mass is 473 g/mol. The summed E-state index contributed by atoms with van der Waals surface area (Å²) in [6.45, 7) is 1.99. The summed E-state index contributed by atoms with van der Waals surface area (Å²) in [6.07, 6.45) is 2.37. The molecule has 0 aliphatic carbocycles. The maximum atomic E-state index is 13.1. The quantitative estimate of drug-likeness (QED) is 0.535. The van der Waals surface area contributed by atoms with Crippen LogP contribution in [0.4, 0.5) is 0 Å². The third kappa shape index (κ3) is 6.41. The minimum absolute atomic E-state index is 0.0468. The average Bonchev–Trinajstić information content (AvgIpc) is 2.86. The highest BCUT2D eigenvalue weighted by atomic mass is 32.2. The predicted octanol–water partition coefficient (Wildman–Crippen LogP) is 2.91. The Balaban J connectivity index is 1.71. The van der Waals surface area contributed by atoms with Gasteiger partial charge in [0.15, 0.2) is 0 Å². The second kappa shape index (κ2) is 11.7. The average molecular weight is 474 g/mol. The summed E-state index contributed by atoms with van der Waals surface area (Å²) in [5.41, 5.74) is 1.12. The van der Waals surface area contributed by atoms with Crippen molar-refractivity contribution in [3.8, 4) is 0 Å². The van der Waals surface area contributed by atoms with Crippen molar-refractivity contribution in [3.63, 3.8) is 0 Å². The number of carbonyl (C=O) groups is 1. The van der Waals surface area contributed by atoms with Crippen molar-refractivity contribution in [2.45, 2.75) is 36.2 Å². The van der Waals surface area contributed by atoms with Gasteiger partial charge in [0.25, 0.3) is 0 Å². The second-order valence-electron chi connectivity index (χ2n) is 8.58. The minimum Gasteiger partial charge on any atom is -0.469 e. The SMILES string of the molecule is CNC1CC(C(=O)OC)CCN1CCC(CN(C)S(=O)(=O)c1ccccc1)c1ccccc1. The highest BCUT2D eigenvalue weighted by Crippen LogP contribution is 2.27. The summed E-state index contributed by atoms with van der Waals surface area (Å²) in [6, 6.07) is 18.6. The van der Waals surface area contributed by atoms with Gasteiger partial charge in [0.2, 0.25) is 10.0 Å². The zero-order chi connectivity index (χ0) is 23.8. The Morgan fingerprint density at radius 1 is 1.15 bits per heavy atom. The van der Waals surface area contributed by atoms with E-state index in [0.29, 0.717) is 17.9 Å². The van der Waals surface area contributed by atoms with E-state index in [4.69, 9.17) is 4.74 Å². The maximum Gasteiger partial charge on any atom is 0.308 e. The summed E-state index contributed by atoms with van der Waals surface area (Å²) in [4.78, 5) is 14.6. The second-order valence-corrected chi connectivity index (χ2v) is 10.6. The molecule has 33 heavy (non-hydrogen) atoms. The van der Waals surface area contributed by atoms with Gasteiger partial charge in [-0.25, -0.2) is 12.7 Å². The van der Waals surface area contributed by atoms with Crippen LogP contribution >= 0.6 is 0 Å². The van der Waals surface area contributed by atoms with Crippen molar-refractivity contribution in [1.29, 1.82) is 0 Å². The number of rotatable bonds is 10. The van der Waals surface area contributed by atoms with E-state index < -0.39 is 10.0 Å². The lowest BCUT2D eigenvalue weighted by Gasteiger charge is -2.39. The lowest BCUT2D eigenvalue weighted by atomic mass is 9.92. The van der Waals surface area contributed by atoms with Crippen LogP contribution in [0, 0.1) is 5.92 Å². The van der Waals surface area contributed by atoms with E-state index in [-0.39, 0.29) is 24.0 Å². The lowest BCUT2D eigenvalue weighted by Crippen LogP contribution is -2.51. The lowest BCUT2D eigenvalue weighted by molar-refractivity contribution is -0.148. The van der Waals surface area contributed by atoms with Gasteiger partial charge in [0.05, 0.1) is 24.1 Å². The first kappa shape index (κ1) is 25.4. The zero-order valence-electron chi connectivity index (χ0n) is 19.7. The Morgan fingerprint density at radius 2 is 1.79 bits per heavy atom. The van der Waals surface area contributed by atoms with Crippen LogP contribution in [0.1, 0.15) is 30.7 Å². The number of likely N-dealkylation sites (N-methyl/N-ethyl adjacent to an activating group) is 1. The number of likely N-dealkylation sites (tertiary alicyclic amines) is 1. The molecule has 0 amide bonds. The van der Waals surface area contributed by atoms with E-state index in [9.17, 15) is 13.2 Å². The van der Waals surface area contributed by atoms with Crippen LogP contribution < -0.4 is 5.32 Å². The van der Waals surface area contributed by atoms with Crippen LogP contribution in [-0.2, 0) is 19.6 Å². The Kier molecular flexibility index (Phi) is 9.02. The molecule has 0 radical (unpaired) electrons. The molecule has 0 aromatic heterocycles. The molecule has 1 aliphatic heterocycles. The predicted molar refractivity (Wildman–Crippen MR) is 129 cm³/mol. The molecule has 8 heteroatoms. The van der Waals surface area contributed by atoms with Gasteiger partial charge in [-0.3, -0.25) is 9.69 Å². The zero-order valence-corrected chi connectivity index (χ0v) is 20.5. The van der Waals surface area contributed by atoms with Crippen molar-refractivity contribution in [3.05, 3.63) is 66.2 Å². The molecule has 2 aromatic carbocycles. The van der Waals surface area contributed by atoms with E-state index in [2.05, 4.69) is 22.3 Å². The first-order chi connectivity index (χ1) is 15.9. The molecule has 1 aliphatic rings. The van der Waals surface area contributed by atoms with Gasteiger partial charge in [-0.15, -0.1) is 0 Å². The standard InChI is InChI=1S/C25H35N3O4S/c1-26-24-18-21(25(29)32-3)14-16-28(24)17-15-22(20-10-6-4-7-11-20)19-27(2)33(30,31)23-12-8-5-9-13-23/h4-13,21-22,24,26H,14-19H2,1-3H3. The van der Waals surface area contributed by atoms with Gasteiger partial charge in [-0.1, -0.05) is 48.5 Å². The molecule has 2 aromatic rings. The third-order valence-electron chi connectivity index (χ3n) is 6.55. The number of hydrogen-bond acceptors (Lipinski definition) is 6. The smallest absolute Gasteiger partial charge is 0.308 e. The Bertz CT molecular complexity index is 985. The fourth-order valence-electron chi connectivity index (χ4n) is 4.55. The van der Waals surface area contributed by atoms with Gasteiger partial charge in [0, 0.05) is 26.7 Å². The van der Waals surface area contributed by atoms with Crippen molar-refractivity contribution >= 4 is 16.0 Å². The van der Waals surface area contributed by atoms with Crippen molar-refractivity contribution in [1.82, 2.24) is 14.5 Å². The number of nitrogens with zero attached hydrogens (tertiary/aromatic N) is 2. The van der Waals surface area contributed by atoms with Gasteiger partial charge < -0.3 is 10.1 Å². The molecule has 3 unspecified atom stereocenters. The van der Waals surface area contributed by atoms with Crippen LogP contribution in [0.15, 0.2) is 65.6 Å². The van der Waals surface area contributed by atoms with Crippen LogP contribution in [-0.4, -0.2) is 70.6 Å². The first-order valence-corrected chi connectivity index (χ1v) is 12.9. The summed E-state index contributed by atoms with van der Waals surface area (Å²) < 4.78 is 32.6. The van der Waals surface area contributed by atoms with E-state index in [1.165, 1.54) is 11.4 Å². The number of ether oxygens (including phenoxy) is 1. The largest absolute Gasteiger partial charge is 0.469 e. The highest BCUT2D eigenvalue weighted by molar-refractivity contribution is 7.89. The summed E-state index contributed by atoms with van der Waals surface area (Å²) in [7, 11) is 1.43. The van der Waals surface area contributed by atoms with Crippen molar-refractivity contribution in [2.75, 3.05) is 40.8 Å². The Morgan fingerprint density at radius 3 is 2.39 bits per heavy atom. The molecule has 180 valence electrons. The Labute approximate surface area is 197 Å². The molecular formula is C25H35N3O4S. The van der Waals surface area contributed by atoms with Crippen molar-refractivity contribution < 1.29 is 17.9 Å². The first-order valence-electron chi connectivity index (χ1n) is 11.4. The van der Waals surface area contributed by atoms with Gasteiger partial charge >= 0.3 is 5.97 Å². The highest BCUT2D eigenvalue weighted by Gasteiger charge is 2.32. The van der Waals surface area contributed by atoms with Gasteiger partial charge in [-0.05, 0) is 49.9 Å². The fourth-order valence-corrected chi connectivity index (χ4v) is 5.79. The number of carbonyl (C=O) groups excluding carboxylic acids is 1. The summed E-state index contributed by atoms with van der Waals surface area (Å²) >= 11 is 0. The Hall–Kier alpha value is -2.26. The van der Waals surface area contributed by atoms with Crippen LogP contribution in [0.25, 0.3) is 0 Å². The number of sulfonamides is 1. The van der Waals surface area contributed by atoms with E-state index in [1.54, 1.807) is 31.3 Å². The molecule has 0 bridgehead atoms.